The summed E-state index contributed by atoms with van der Waals surface area (Å²) in [7, 11) is 0. The van der Waals surface area contributed by atoms with E-state index in [0.717, 1.165) is 11.3 Å². The number of allylic oxidation sites excluding steroid dienone is 2. The van der Waals surface area contributed by atoms with Crippen LogP contribution in [0.5, 0.6) is 0 Å². The van der Waals surface area contributed by atoms with Gasteiger partial charge in [-0.15, -0.1) is 0 Å². The van der Waals surface area contributed by atoms with Crippen LogP contribution in [-0.4, -0.2) is 27.5 Å². The number of rotatable bonds is 2. The molecule has 0 N–H and O–H groups in total. The summed E-state index contributed by atoms with van der Waals surface area (Å²) < 4.78 is 0. The second-order valence-corrected chi connectivity index (χ2v) is 7.28. The van der Waals surface area contributed by atoms with E-state index in [-0.39, 0.29) is 23.1 Å². The Kier molecular flexibility index (Phi) is 2.68. The molecular formula is C18H14N2O5. The smallest absolute Gasteiger partial charge is 0.269 e. The predicted octanol–water partition coefficient (Wildman–Crippen LogP) is 1.79. The maximum atomic E-state index is 12.8. The van der Waals surface area contributed by atoms with E-state index in [1.54, 1.807) is 0 Å². The molecule has 1 aromatic carbocycles. The van der Waals surface area contributed by atoms with Crippen LogP contribution in [0.3, 0.4) is 0 Å². The number of nitro groups is 1. The topological polar surface area (TPSA) is 97.6 Å². The molecular weight excluding hydrogens is 324 g/mol. The summed E-state index contributed by atoms with van der Waals surface area (Å²) in [6, 6.07) is 4.97. The number of carbonyl (C=O) groups is 3. The molecule has 0 spiro atoms. The molecule has 0 unspecified atom stereocenters. The average Bonchev–Trinajstić information content (AvgIpc) is 3.39. The van der Waals surface area contributed by atoms with Crippen LogP contribution in [0.4, 0.5) is 5.69 Å². The largest absolute Gasteiger partial charge is 0.274 e. The van der Waals surface area contributed by atoms with Crippen LogP contribution in [0, 0.1) is 45.6 Å². The van der Waals surface area contributed by atoms with E-state index in [1.807, 2.05) is 12.2 Å². The van der Waals surface area contributed by atoms with Gasteiger partial charge in [0.05, 0.1) is 16.8 Å². The zero-order valence-electron chi connectivity index (χ0n) is 13.1. The molecule has 6 atom stereocenters. The van der Waals surface area contributed by atoms with Crippen molar-refractivity contribution in [3.63, 3.8) is 0 Å². The Morgan fingerprint density at radius 1 is 1.00 bits per heavy atom. The first kappa shape index (κ1) is 14.5. The number of likely N-dealkylation sites (tertiary alicyclic amines) is 1. The lowest BCUT2D eigenvalue weighted by atomic mass is 9.63. The Bertz CT molecular complexity index is 838. The Morgan fingerprint density at radius 2 is 1.52 bits per heavy atom. The second-order valence-electron chi connectivity index (χ2n) is 7.28. The van der Waals surface area contributed by atoms with Gasteiger partial charge in [-0.3, -0.25) is 24.5 Å². The summed E-state index contributed by atoms with van der Waals surface area (Å²) in [5.41, 5.74) is -0.0389. The summed E-state index contributed by atoms with van der Waals surface area (Å²) >= 11 is 0. The molecule has 1 aromatic rings. The fourth-order valence-corrected chi connectivity index (χ4v) is 5.01. The summed E-state index contributed by atoms with van der Waals surface area (Å²) in [5.74, 6) is -1.29. The maximum absolute atomic E-state index is 12.8. The molecule has 7 nitrogen and oxygen atoms in total. The van der Waals surface area contributed by atoms with Crippen molar-refractivity contribution in [3.05, 3.63) is 52.1 Å². The second kappa shape index (κ2) is 4.62. The Balaban J connectivity index is 1.47. The first-order valence-corrected chi connectivity index (χ1v) is 8.34. The monoisotopic (exact) mass is 338 g/mol. The standard InChI is InChI=1S/C18H14N2O5/c21-16(8-1-3-9(4-2-8)20(24)25)19-17(22)14-10-5-6-11(13-7-12(10)13)15(14)18(19)23/h1-6,10-15H,7H2/t10-,11-,12-,13-,14+,15+/m0/s1. The normalized spacial score (nSPS) is 37.0. The van der Waals surface area contributed by atoms with Crippen molar-refractivity contribution >= 4 is 23.4 Å². The number of non-ortho nitro benzene ring substituents is 1. The van der Waals surface area contributed by atoms with Crippen molar-refractivity contribution in [3.8, 4) is 0 Å². The van der Waals surface area contributed by atoms with Crippen molar-refractivity contribution < 1.29 is 19.3 Å². The first-order chi connectivity index (χ1) is 12.0. The van der Waals surface area contributed by atoms with Crippen LogP contribution < -0.4 is 0 Å². The molecule has 5 aliphatic rings. The summed E-state index contributed by atoms with van der Waals surface area (Å²) in [5, 5.41) is 10.7. The highest BCUT2D eigenvalue weighted by Crippen LogP contribution is 2.65. The van der Waals surface area contributed by atoms with Crippen LogP contribution in [0.1, 0.15) is 16.8 Å². The quantitative estimate of drug-likeness (QED) is 0.354. The molecule has 6 rings (SSSR count). The van der Waals surface area contributed by atoms with Crippen molar-refractivity contribution in [1.82, 2.24) is 4.90 Å². The van der Waals surface area contributed by atoms with Gasteiger partial charge in [0.15, 0.2) is 0 Å². The molecule has 1 saturated heterocycles. The predicted molar refractivity (Wildman–Crippen MR) is 84.0 cm³/mol. The highest BCUT2D eigenvalue weighted by atomic mass is 16.6. The Morgan fingerprint density at radius 3 is 2.00 bits per heavy atom. The third-order valence-electron chi connectivity index (χ3n) is 6.19. The van der Waals surface area contributed by atoms with E-state index in [2.05, 4.69) is 0 Å². The van der Waals surface area contributed by atoms with Gasteiger partial charge in [0, 0.05) is 17.7 Å². The molecule has 25 heavy (non-hydrogen) atoms. The molecule has 2 saturated carbocycles. The van der Waals surface area contributed by atoms with E-state index in [9.17, 15) is 24.5 Å². The zero-order valence-corrected chi connectivity index (χ0v) is 13.1. The van der Waals surface area contributed by atoms with Gasteiger partial charge in [-0.2, -0.15) is 0 Å². The van der Waals surface area contributed by atoms with Gasteiger partial charge in [0.1, 0.15) is 0 Å². The van der Waals surface area contributed by atoms with Crippen LogP contribution >= 0.6 is 0 Å². The van der Waals surface area contributed by atoms with Crippen molar-refractivity contribution in [2.45, 2.75) is 6.42 Å². The number of amides is 3. The van der Waals surface area contributed by atoms with E-state index < -0.39 is 34.5 Å². The van der Waals surface area contributed by atoms with Gasteiger partial charge >= 0.3 is 0 Å². The van der Waals surface area contributed by atoms with Gasteiger partial charge in [0.25, 0.3) is 11.6 Å². The van der Waals surface area contributed by atoms with E-state index in [4.69, 9.17) is 0 Å². The number of hydrogen-bond donors (Lipinski definition) is 0. The van der Waals surface area contributed by atoms with Crippen molar-refractivity contribution in [2.24, 2.45) is 35.5 Å². The SMILES string of the molecule is O=C(c1ccc([N+](=O)[O-])cc1)N1C(=O)[C@@H]2[C@H]3C=C[C@@H]([C@@H]4C[C@@H]34)[C@H]2C1=O. The van der Waals surface area contributed by atoms with Crippen LogP contribution in [0.15, 0.2) is 36.4 Å². The number of nitro benzene ring substituents is 1. The molecule has 7 heteroatoms. The molecule has 4 aliphatic carbocycles. The number of hydrogen-bond acceptors (Lipinski definition) is 5. The lowest BCUT2D eigenvalue weighted by Gasteiger charge is -2.37. The van der Waals surface area contributed by atoms with Crippen molar-refractivity contribution in [1.29, 1.82) is 0 Å². The molecule has 1 heterocycles. The van der Waals surface area contributed by atoms with Gasteiger partial charge in [-0.1, -0.05) is 12.2 Å². The van der Waals surface area contributed by atoms with Crippen LogP contribution in [-0.2, 0) is 9.59 Å². The molecule has 0 radical (unpaired) electrons. The first-order valence-electron chi connectivity index (χ1n) is 8.34. The third-order valence-corrected chi connectivity index (χ3v) is 6.19. The number of nitrogens with zero attached hydrogens (tertiary/aromatic N) is 2. The fourth-order valence-electron chi connectivity index (χ4n) is 5.01. The van der Waals surface area contributed by atoms with E-state index in [1.165, 1.54) is 24.3 Å². The Hall–Kier alpha value is -2.83. The minimum atomic E-state index is -0.688. The van der Waals surface area contributed by atoms with Crippen LogP contribution in [0.25, 0.3) is 0 Å². The summed E-state index contributed by atoms with van der Waals surface area (Å²) in [4.78, 5) is 49.3. The lowest BCUT2D eigenvalue weighted by Crippen LogP contribution is -2.40. The zero-order chi connectivity index (χ0) is 17.5. The molecule has 3 amide bonds. The Labute approximate surface area is 142 Å². The number of benzene rings is 1. The minimum absolute atomic E-state index is 0.0612. The lowest BCUT2D eigenvalue weighted by molar-refractivity contribution is -0.384. The van der Waals surface area contributed by atoms with Gasteiger partial charge in [-0.05, 0) is 42.2 Å². The molecule has 2 bridgehead atoms. The maximum Gasteiger partial charge on any atom is 0.269 e. The highest BCUT2D eigenvalue weighted by Gasteiger charge is 2.67. The fraction of sp³-hybridized carbons (Fsp3) is 0.389. The number of carbonyl (C=O) groups excluding carboxylic acids is 3. The number of imide groups is 3. The van der Waals surface area contributed by atoms with Crippen LogP contribution in [0.2, 0.25) is 0 Å². The summed E-state index contributed by atoms with van der Waals surface area (Å²) in [6.45, 7) is 0. The van der Waals surface area contributed by atoms with Gasteiger partial charge < -0.3 is 0 Å². The van der Waals surface area contributed by atoms with Gasteiger partial charge in [-0.25, -0.2) is 4.90 Å². The minimum Gasteiger partial charge on any atom is -0.274 e. The molecule has 3 fully saturated rings. The van der Waals surface area contributed by atoms with E-state index in [0.29, 0.717) is 11.8 Å². The average molecular weight is 338 g/mol. The molecule has 0 aromatic heterocycles. The van der Waals surface area contributed by atoms with E-state index >= 15 is 0 Å². The highest BCUT2D eigenvalue weighted by molar-refractivity contribution is 6.21. The third kappa shape index (κ3) is 1.78. The summed E-state index contributed by atoms with van der Waals surface area (Å²) in [6.07, 6.45) is 5.16. The molecule has 1 aliphatic heterocycles. The van der Waals surface area contributed by atoms with Crippen molar-refractivity contribution in [2.75, 3.05) is 0 Å². The molecule has 126 valence electrons. The van der Waals surface area contributed by atoms with Gasteiger partial charge in [0.2, 0.25) is 11.8 Å².